The van der Waals surface area contributed by atoms with Crippen LogP contribution >= 0.6 is 15.9 Å². The molecule has 0 aromatic carbocycles. The van der Waals surface area contributed by atoms with E-state index in [1.165, 1.54) is 6.08 Å². The number of aromatic nitrogens is 2. The monoisotopic (exact) mass is 270 g/mol. The number of rotatable bonds is 5. The number of ketones is 1. The fourth-order valence-electron chi connectivity index (χ4n) is 1.42. The third kappa shape index (κ3) is 2.56. The van der Waals surface area contributed by atoms with Gasteiger partial charge in [0.1, 0.15) is 0 Å². The van der Waals surface area contributed by atoms with Crippen LogP contribution in [0, 0.1) is 0 Å². The summed E-state index contributed by atoms with van der Waals surface area (Å²) in [6, 6.07) is 0. The molecular formula is C11H15BrN2O. The van der Waals surface area contributed by atoms with Crippen LogP contribution in [-0.2, 0) is 24.2 Å². The molecule has 0 spiro atoms. The van der Waals surface area contributed by atoms with Crippen molar-refractivity contribution in [2.75, 3.05) is 0 Å². The normalized spacial score (nSPS) is 10.3. The van der Waals surface area contributed by atoms with Crippen molar-refractivity contribution in [1.82, 2.24) is 9.78 Å². The van der Waals surface area contributed by atoms with Gasteiger partial charge < -0.3 is 0 Å². The highest BCUT2D eigenvalue weighted by Gasteiger charge is 2.15. The Hall–Kier alpha value is -0.900. The lowest BCUT2D eigenvalue weighted by Gasteiger charge is -2.02. The molecule has 1 aromatic heterocycles. The molecule has 0 aliphatic carbocycles. The first-order valence-corrected chi connectivity index (χ1v) is 5.82. The van der Waals surface area contributed by atoms with E-state index in [0.717, 1.165) is 28.8 Å². The minimum Gasteiger partial charge on any atom is -0.294 e. The number of nitrogens with zero attached hydrogens (tertiary/aromatic N) is 2. The lowest BCUT2D eigenvalue weighted by atomic mass is 10.2. The van der Waals surface area contributed by atoms with E-state index in [0.29, 0.717) is 6.42 Å². The molecule has 3 nitrogen and oxygen atoms in total. The summed E-state index contributed by atoms with van der Waals surface area (Å²) < 4.78 is 2.83. The zero-order valence-electron chi connectivity index (χ0n) is 9.09. The number of carbonyl (C=O) groups is 1. The van der Waals surface area contributed by atoms with Gasteiger partial charge >= 0.3 is 0 Å². The predicted octanol–water partition coefficient (Wildman–Crippen LogP) is 2.53. The molecule has 1 heterocycles. The minimum absolute atomic E-state index is 0.0213. The highest BCUT2D eigenvalue weighted by atomic mass is 79.9. The summed E-state index contributed by atoms with van der Waals surface area (Å²) in [4.78, 5) is 11.3. The van der Waals surface area contributed by atoms with Crippen LogP contribution < -0.4 is 0 Å². The van der Waals surface area contributed by atoms with Gasteiger partial charge in [-0.25, -0.2) is 0 Å². The molecule has 1 rings (SSSR count). The molecule has 0 fully saturated rings. The van der Waals surface area contributed by atoms with Crippen LogP contribution in [0.4, 0.5) is 0 Å². The summed E-state index contributed by atoms with van der Waals surface area (Å²) >= 11 is 3.49. The van der Waals surface area contributed by atoms with Gasteiger partial charge in [0.05, 0.1) is 22.3 Å². The first kappa shape index (κ1) is 12.2. The molecule has 0 atom stereocenters. The average molecular weight is 271 g/mol. The zero-order valence-corrected chi connectivity index (χ0v) is 10.7. The topological polar surface area (TPSA) is 34.9 Å². The molecule has 15 heavy (non-hydrogen) atoms. The van der Waals surface area contributed by atoms with E-state index in [-0.39, 0.29) is 5.78 Å². The van der Waals surface area contributed by atoms with Crippen molar-refractivity contribution in [3.8, 4) is 0 Å². The van der Waals surface area contributed by atoms with Crippen molar-refractivity contribution in [3.05, 3.63) is 28.5 Å². The van der Waals surface area contributed by atoms with Gasteiger partial charge in [0.25, 0.3) is 0 Å². The smallest absolute Gasteiger partial charge is 0.161 e. The SMILES string of the molecule is C=CC(=O)Cc1c(Br)c(CC)nn1CC. The maximum Gasteiger partial charge on any atom is 0.161 e. The molecule has 1 aromatic rings. The van der Waals surface area contributed by atoms with Crippen molar-refractivity contribution < 1.29 is 4.79 Å². The fraction of sp³-hybridized carbons (Fsp3) is 0.455. The maximum atomic E-state index is 11.3. The van der Waals surface area contributed by atoms with Crippen molar-refractivity contribution in [1.29, 1.82) is 0 Å². The molecule has 0 saturated heterocycles. The van der Waals surface area contributed by atoms with Gasteiger partial charge in [-0.2, -0.15) is 5.10 Å². The van der Waals surface area contributed by atoms with Gasteiger partial charge in [-0.3, -0.25) is 9.48 Å². The van der Waals surface area contributed by atoms with Crippen LogP contribution in [0.5, 0.6) is 0 Å². The van der Waals surface area contributed by atoms with Crippen LogP contribution in [0.15, 0.2) is 17.1 Å². The molecule has 82 valence electrons. The molecule has 0 aliphatic rings. The Bertz CT molecular complexity index is 382. The van der Waals surface area contributed by atoms with E-state index >= 15 is 0 Å². The van der Waals surface area contributed by atoms with Crippen LogP contribution in [0.25, 0.3) is 0 Å². The van der Waals surface area contributed by atoms with Gasteiger partial charge in [-0.1, -0.05) is 13.5 Å². The summed E-state index contributed by atoms with van der Waals surface area (Å²) in [5.41, 5.74) is 1.95. The molecule has 0 aliphatic heterocycles. The molecule has 4 heteroatoms. The van der Waals surface area contributed by atoms with Gasteiger partial charge in [0, 0.05) is 6.54 Å². The fourth-order valence-corrected chi connectivity index (χ4v) is 2.13. The second kappa shape index (κ2) is 5.26. The molecule has 0 unspecified atom stereocenters. The lowest BCUT2D eigenvalue weighted by molar-refractivity contribution is -0.114. The molecule has 0 saturated carbocycles. The number of allylic oxidation sites excluding steroid dienone is 1. The van der Waals surface area contributed by atoms with Crippen LogP contribution in [-0.4, -0.2) is 15.6 Å². The summed E-state index contributed by atoms with van der Waals surface area (Å²) in [6.07, 6.45) is 2.58. The van der Waals surface area contributed by atoms with Crippen LogP contribution in [0.2, 0.25) is 0 Å². The Morgan fingerprint density at radius 2 is 2.27 bits per heavy atom. The minimum atomic E-state index is 0.0213. The van der Waals surface area contributed by atoms with Gasteiger partial charge in [0.15, 0.2) is 5.78 Å². The summed E-state index contributed by atoms with van der Waals surface area (Å²) in [5, 5.41) is 4.42. The van der Waals surface area contributed by atoms with E-state index in [2.05, 4.69) is 27.6 Å². The molecule has 0 amide bonds. The highest BCUT2D eigenvalue weighted by molar-refractivity contribution is 9.10. The Kier molecular flexibility index (Phi) is 4.27. The van der Waals surface area contributed by atoms with Crippen molar-refractivity contribution >= 4 is 21.7 Å². The quantitative estimate of drug-likeness (QED) is 0.771. The first-order chi connectivity index (χ1) is 7.13. The van der Waals surface area contributed by atoms with Crippen LogP contribution in [0.1, 0.15) is 25.2 Å². The van der Waals surface area contributed by atoms with Crippen molar-refractivity contribution in [2.24, 2.45) is 0 Å². The first-order valence-electron chi connectivity index (χ1n) is 5.03. The Balaban J connectivity index is 3.08. The van der Waals surface area contributed by atoms with E-state index in [9.17, 15) is 4.79 Å². The summed E-state index contributed by atoms with van der Waals surface area (Å²) in [7, 11) is 0. The number of halogens is 1. The predicted molar refractivity (Wildman–Crippen MR) is 63.9 cm³/mol. The summed E-state index contributed by atoms with van der Waals surface area (Å²) in [5.74, 6) is 0.0213. The number of hydrogen-bond acceptors (Lipinski definition) is 2. The summed E-state index contributed by atoms with van der Waals surface area (Å²) in [6.45, 7) is 8.31. The Labute approximate surface area is 98.3 Å². The molecule has 0 bridgehead atoms. The van der Waals surface area contributed by atoms with Crippen molar-refractivity contribution in [3.63, 3.8) is 0 Å². The van der Waals surface area contributed by atoms with E-state index in [4.69, 9.17) is 0 Å². The van der Waals surface area contributed by atoms with Gasteiger partial charge in [-0.15, -0.1) is 0 Å². The largest absolute Gasteiger partial charge is 0.294 e. The van der Waals surface area contributed by atoms with Gasteiger partial charge in [0.2, 0.25) is 0 Å². The number of carbonyl (C=O) groups excluding carboxylic acids is 1. The van der Waals surface area contributed by atoms with E-state index < -0.39 is 0 Å². The third-order valence-corrected chi connectivity index (χ3v) is 3.18. The molecule has 0 radical (unpaired) electrons. The highest BCUT2D eigenvalue weighted by Crippen LogP contribution is 2.22. The number of hydrogen-bond donors (Lipinski definition) is 0. The Morgan fingerprint density at radius 3 is 2.73 bits per heavy atom. The van der Waals surface area contributed by atoms with Gasteiger partial charge in [-0.05, 0) is 35.4 Å². The van der Waals surface area contributed by atoms with Crippen molar-refractivity contribution in [2.45, 2.75) is 33.2 Å². The van der Waals surface area contributed by atoms with E-state index in [1.54, 1.807) is 0 Å². The third-order valence-electron chi connectivity index (χ3n) is 2.26. The lowest BCUT2D eigenvalue weighted by Crippen LogP contribution is -2.07. The van der Waals surface area contributed by atoms with E-state index in [1.807, 2.05) is 18.5 Å². The van der Waals surface area contributed by atoms with Crippen LogP contribution in [0.3, 0.4) is 0 Å². The molecular weight excluding hydrogens is 256 g/mol. The second-order valence-electron chi connectivity index (χ2n) is 3.22. The second-order valence-corrected chi connectivity index (χ2v) is 4.02. The standard InChI is InChI=1S/C11H15BrN2O/c1-4-8(15)7-10-11(12)9(5-2)13-14(10)6-3/h4H,1,5-7H2,2-3H3. The average Bonchev–Trinajstić information content (AvgIpc) is 2.55. The number of aryl methyl sites for hydroxylation is 2. The maximum absolute atomic E-state index is 11.3. The Morgan fingerprint density at radius 1 is 1.60 bits per heavy atom. The molecule has 0 N–H and O–H groups in total. The zero-order chi connectivity index (χ0) is 11.4.